The molecule has 1 aromatic heterocycles. The molecule has 0 atom stereocenters. The quantitative estimate of drug-likeness (QED) is 0.419. The molecule has 0 bridgehead atoms. The van der Waals surface area contributed by atoms with Crippen LogP contribution in [0.4, 0.5) is 18.9 Å². The van der Waals surface area contributed by atoms with E-state index in [-0.39, 0.29) is 22.2 Å². The van der Waals surface area contributed by atoms with Gasteiger partial charge in [-0.15, -0.1) is 0 Å². The highest BCUT2D eigenvalue weighted by molar-refractivity contribution is 9.10. The van der Waals surface area contributed by atoms with Crippen LogP contribution in [-0.2, 0) is 11.0 Å². The number of anilines is 1. The highest BCUT2D eigenvalue weighted by Crippen LogP contribution is 2.32. The Bertz CT molecular complexity index is 1010. The number of carbonyl (C=O) groups is 1. The minimum atomic E-state index is -4.66. The van der Waals surface area contributed by atoms with Crippen LogP contribution in [0.5, 0.6) is 0 Å². The summed E-state index contributed by atoms with van der Waals surface area (Å²) in [6, 6.07) is 11.9. The van der Waals surface area contributed by atoms with Crippen molar-refractivity contribution in [2.75, 3.05) is 11.1 Å². The highest BCUT2D eigenvalue weighted by Gasteiger charge is 2.35. The van der Waals surface area contributed by atoms with Crippen LogP contribution in [0, 0.1) is 6.92 Å². The van der Waals surface area contributed by atoms with Crippen molar-refractivity contribution in [2.24, 2.45) is 0 Å². The molecular formula is C18H13BrF3N3OS. The van der Waals surface area contributed by atoms with Crippen molar-refractivity contribution in [3.05, 3.63) is 58.3 Å². The number of nitrogens with one attached hydrogen (secondary N) is 1. The summed E-state index contributed by atoms with van der Waals surface area (Å²) in [4.78, 5) is 19.4. The van der Waals surface area contributed by atoms with Gasteiger partial charge in [-0.05, 0) is 46.6 Å². The summed E-state index contributed by atoms with van der Waals surface area (Å²) in [5.41, 5.74) is 1.81. The van der Waals surface area contributed by atoms with Crippen LogP contribution in [-0.4, -0.2) is 21.6 Å². The second-order valence-electron chi connectivity index (χ2n) is 5.69. The Labute approximate surface area is 165 Å². The van der Waals surface area contributed by atoms with E-state index in [0.29, 0.717) is 11.1 Å². The summed E-state index contributed by atoms with van der Waals surface area (Å²) in [6.07, 6.45) is -4.66. The van der Waals surface area contributed by atoms with E-state index in [2.05, 4.69) is 31.2 Å². The van der Waals surface area contributed by atoms with Gasteiger partial charge in [-0.1, -0.05) is 36.0 Å². The van der Waals surface area contributed by atoms with Crippen LogP contribution in [0.1, 0.15) is 11.4 Å². The van der Waals surface area contributed by atoms with Gasteiger partial charge in [0.1, 0.15) is 5.03 Å². The molecule has 0 spiro atoms. The normalized spacial score (nSPS) is 11.6. The number of carbonyl (C=O) groups excluding carboxylic acids is 1. The van der Waals surface area contributed by atoms with Crippen LogP contribution in [0.25, 0.3) is 10.9 Å². The van der Waals surface area contributed by atoms with Gasteiger partial charge in [0.2, 0.25) is 11.7 Å². The van der Waals surface area contributed by atoms with E-state index < -0.39 is 12.0 Å². The van der Waals surface area contributed by atoms with Crippen LogP contribution >= 0.6 is 27.7 Å². The lowest BCUT2D eigenvalue weighted by Gasteiger charge is -2.11. The van der Waals surface area contributed by atoms with E-state index in [9.17, 15) is 18.0 Å². The molecule has 1 heterocycles. The van der Waals surface area contributed by atoms with Crippen LogP contribution in [0.3, 0.4) is 0 Å². The molecule has 0 aliphatic rings. The van der Waals surface area contributed by atoms with E-state index in [4.69, 9.17) is 0 Å². The maximum Gasteiger partial charge on any atom is 0.451 e. The summed E-state index contributed by atoms with van der Waals surface area (Å²) in [7, 11) is 0. The molecule has 27 heavy (non-hydrogen) atoms. The molecule has 0 saturated heterocycles. The molecule has 0 radical (unpaired) electrons. The molecule has 1 N–H and O–H groups in total. The first-order valence-corrected chi connectivity index (χ1v) is 9.54. The van der Waals surface area contributed by atoms with Crippen molar-refractivity contribution in [2.45, 2.75) is 18.1 Å². The van der Waals surface area contributed by atoms with Crippen LogP contribution in [0.15, 0.2) is 52.0 Å². The van der Waals surface area contributed by atoms with Gasteiger partial charge in [0.15, 0.2) is 0 Å². The molecule has 3 rings (SSSR count). The lowest BCUT2D eigenvalue weighted by molar-refractivity contribution is -0.145. The van der Waals surface area contributed by atoms with Gasteiger partial charge in [-0.3, -0.25) is 4.79 Å². The number of rotatable bonds is 4. The highest BCUT2D eigenvalue weighted by atomic mass is 79.9. The van der Waals surface area contributed by atoms with E-state index in [1.165, 1.54) is 6.07 Å². The average molecular weight is 456 g/mol. The number of hydrogen-bond acceptors (Lipinski definition) is 4. The maximum atomic E-state index is 13.0. The van der Waals surface area contributed by atoms with Gasteiger partial charge in [0, 0.05) is 9.86 Å². The Morgan fingerprint density at radius 3 is 2.63 bits per heavy atom. The number of halogens is 4. The third kappa shape index (κ3) is 4.78. The Hall–Kier alpha value is -2.13. The minimum absolute atomic E-state index is 0.0847. The number of alkyl halides is 3. The fourth-order valence-corrected chi connectivity index (χ4v) is 3.74. The predicted octanol–water partition coefficient (Wildman–Crippen LogP) is 5.45. The van der Waals surface area contributed by atoms with Gasteiger partial charge in [-0.2, -0.15) is 13.2 Å². The zero-order valence-corrected chi connectivity index (χ0v) is 16.4. The summed E-state index contributed by atoms with van der Waals surface area (Å²) in [6.45, 7) is 1.92. The lowest BCUT2D eigenvalue weighted by Crippen LogP contribution is -2.15. The van der Waals surface area contributed by atoms with Crippen LogP contribution < -0.4 is 5.32 Å². The number of benzene rings is 2. The molecule has 3 aromatic rings. The first kappa shape index (κ1) is 19.6. The fourth-order valence-electron chi connectivity index (χ4n) is 2.33. The third-order valence-corrected chi connectivity index (χ3v) is 5.21. The maximum absolute atomic E-state index is 13.0. The number of para-hydroxylation sites is 1. The molecule has 0 saturated carbocycles. The van der Waals surface area contributed by atoms with Gasteiger partial charge >= 0.3 is 6.18 Å². The van der Waals surface area contributed by atoms with Crippen LogP contribution in [0.2, 0.25) is 0 Å². The van der Waals surface area contributed by atoms with E-state index in [0.717, 1.165) is 21.8 Å². The smallest absolute Gasteiger partial charge is 0.324 e. The number of fused-ring (bicyclic) bond motifs is 1. The van der Waals surface area contributed by atoms with Crippen molar-refractivity contribution >= 4 is 50.2 Å². The molecular weight excluding hydrogens is 443 g/mol. The zero-order chi connectivity index (χ0) is 19.6. The summed E-state index contributed by atoms with van der Waals surface area (Å²) < 4.78 is 39.9. The number of amides is 1. The summed E-state index contributed by atoms with van der Waals surface area (Å²) in [5.74, 6) is -1.65. The molecule has 9 heteroatoms. The Morgan fingerprint density at radius 2 is 1.93 bits per heavy atom. The third-order valence-electron chi connectivity index (χ3n) is 3.56. The SMILES string of the molecule is Cc1ccc(NC(=O)CSc2nc(C(F)(F)F)nc3ccccc23)c(Br)c1. The number of hydrogen-bond donors (Lipinski definition) is 1. The Morgan fingerprint density at radius 1 is 1.19 bits per heavy atom. The predicted molar refractivity (Wildman–Crippen MR) is 103 cm³/mol. The van der Waals surface area contributed by atoms with Crippen molar-refractivity contribution < 1.29 is 18.0 Å². The molecule has 0 unspecified atom stereocenters. The fraction of sp³-hybridized carbons (Fsp3) is 0.167. The largest absolute Gasteiger partial charge is 0.451 e. The lowest BCUT2D eigenvalue weighted by atomic mass is 10.2. The molecule has 0 aliphatic heterocycles. The topological polar surface area (TPSA) is 54.9 Å². The molecule has 0 fully saturated rings. The van der Waals surface area contributed by atoms with Gasteiger partial charge < -0.3 is 5.32 Å². The molecule has 1 amide bonds. The van der Waals surface area contributed by atoms with E-state index in [1.807, 2.05) is 19.1 Å². The molecule has 140 valence electrons. The second kappa shape index (κ2) is 7.85. The molecule has 4 nitrogen and oxygen atoms in total. The number of aryl methyl sites for hydroxylation is 1. The van der Waals surface area contributed by atoms with Gasteiger partial charge in [0.25, 0.3) is 0 Å². The monoisotopic (exact) mass is 455 g/mol. The summed E-state index contributed by atoms with van der Waals surface area (Å²) in [5, 5.41) is 3.32. The Kier molecular flexibility index (Phi) is 5.71. The first-order chi connectivity index (χ1) is 12.7. The standard InChI is InChI=1S/C18H13BrF3N3OS/c1-10-6-7-14(12(19)8-10)23-15(26)9-27-16-11-4-2-3-5-13(11)24-17(25-16)18(20,21)22/h2-8H,9H2,1H3,(H,23,26). The zero-order valence-electron chi connectivity index (χ0n) is 14.0. The van der Waals surface area contributed by atoms with E-state index in [1.54, 1.807) is 24.3 Å². The second-order valence-corrected chi connectivity index (χ2v) is 7.51. The van der Waals surface area contributed by atoms with Crippen molar-refractivity contribution in [3.8, 4) is 0 Å². The van der Waals surface area contributed by atoms with Crippen molar-refractivity contribution in [3.63, 3.8) is 0 Å². The number of nitrogens with zero attached hydrogens (tertiary/aromatic N) is 2. The first-order valence-electron chi connectivity index (χ1n) is 7.77. The molecule has 2 aromatic carbocycles. The van der Waals surface area contributed by atoms with Crippen molar-refractivity contribution in [1.29, 1.82) is 0 Å². The molecule has 0 aliphatic carbocycles. The van der Waals surface area contributed by atoms with Gasteiger partial charge in [0.05, 0.1) is 17.0 Å². The van der Waals surface area contributed by atoms with Crippen molar-refractivity contribution in [1.82, 2.24) is 9.97 Å². The number of aromatic nitrogens is 2. The average Bonchev–Trinajstić information content (AvgIpc) is 2.61. The van der Waals surface area contributed by atoms with Gasteiger partial charge in [-0.25, -0.2) is 9.97 Å². The minimum Gasteiger partial charge on any atom is -0.324 e. The van der Waals surface area contributed by atoms with E-state index >= 15 is 0 Å². The summed E-state index contributed by atoms with van der Waals surface area (Å²) >= 11 is 4.31. The number of thioether (sulfide) groups is 1. The Balaban J connectivity index is 1.80.